The van der Waals surface area contributed by atoms with E-state index in [0.29, 0.717) is 19.0 Å². The lowest BCUT2D eigenvalue weighted by molar-refractivity contribution is 0.275. The Morgan fingerprint density at radius 3 is 2.52 bits per heavy atom. The monoisotopic (exact) mass is 510 g/mol. The molecule has 0 atom stereocenters. The van der Waals surface area contributed by atoms with Crippen LogP contribution < -0.4 is 15.4 Å². The lowest BCUT2D eigenvalue weighted by atomic mass is 9.98. The van der Waals surface area contributed by atoms with Crippen LogP contribution in [0.4, 0.5) is 0 Å². The van der Waals surface area contributed by atoms with Crippen molar-refractivity contribution in [2.75, 3.05) is 46.6 Å². The number of halogens is 1. The molecule has 1 aliphatic rings. The molecule has 27 heavy (non-hydrogen) atoms. The van der Waals surface area contributed by atoms with Gasteiger partial charge in [0.15, 0.2) is 5.96 Å². The highest BCUT2D eigenvalue weighted by Gasteiger charge is 2.24. The largest absolute Gasteiger partial charge is 0.496 e. The Kier molecular flexibility index (Phi) is 10.4. The van der Waals surface area contributed by atoms with Crippen molar-refractivity contribution in [3.8, 4) is 5.75 Å². The standard InChI is InChI=1S/C18H30N4O3S.HI/c1-19-18(20-11-8-16-6-4-5-7-17(16)25-2)21-14-15-9-12-22(13-10-15)26(3,23)24;/h4-7,15H,8-14H2,1-3H3,(H2,19,20,21);1H. The van der Waals surface area contributed by atoms with Gasteiger partial charge in [-0.1, -0.05) is 18.2 Å². The van der Waals surface area contributed by atoms with Crippen LogP contribution in [0.1, 0.15) is 18.4 Å². The number of rotatable bonds is 7. The SMILES string of the molecule is CN=C(NCCc1ccccc1OC)NCC1CCN(S(C)(=O)=O)CC1.I. The first-order chi connectivity index (χ1) is 12.4. The summed E-state index contributed by atoms with van der Waals surface area (Å²) < 4.78 is 30.0. The molecule has 1 aromatic carbocycles. The number of para-hydroxylation sites is 1. The molecule has 0 aliphatic carbocycles. The summed E-state index contributed by atoms with van der Waals surface area (Å²) in [5, 5.41) is 6.67. The van der Waals surface area contributed by atoms with Crippen molar-refractivity contribution in [2.24, 2.45) is 10.9 Å². The molecule has 0 radical (unpaired) electrons. The molecule has 154 valence electrons. The van der Waals surface area contributed by atoms with Gasteiger partial charge in [-0.2, -0.15) is 0 Å². The summed E-state index contributed by atoms with van der Waals surface area (Å²) in [5.74, 6) is 2.13. The number of hydrogen-bond acceptors (Lipinski definition) is 4. The summed E-state index contributed by atoms with van der Waals surface area (Å²) in [4.78, 5) is 4.26. The molecule has 7 nitrogen and oxygen atoms in total. The molecule has 1 heterocycles. The average Bonchev–Trinajstić information content (AvgIpc) is 2.64. The van der Waals surface area contributed by atoms with Crippen LogP contribution in [0, 0.1) is 5.92 Å². The van der Waals surface area contributed by atoms with Crippen LogP contribution in [0.25, 0.3) is 0 Å². The van der Waals surface area contributed by atoms with Crippen LogP contribution in [-0.4, -0.2) is 65.3 Å². The minimum absolute atomic E-state index is 0. The molecular formula is C18H31IN4O3S. The maximum Gasteiger partial charge on any atom is 0.211 e. The topological polar surface area (TPSA) is 83.0 Å². The first-order valence-electron chi connectivity index (χ1n) is 8.95. The zero-order valence-corrected chi connectivity index (χ0v) is 19.4. The third kappa shape index (κ3) is 7.82. The van der Waals surface area contributed by atoms with Gasteiger partial charge in [-0.3, -0.25) is 4.99 Å². The normalized spacial score (nSPS) is 16.5. The number of nitrogens with zero attached hydrogens (tertiary/aromatic N) is 2. The number of piperidine rings is 1. The number of hydrogen-bond donors (Lipinski definition) is 2. The Hall–Kier alpha value is -1.07. The second-order valence-electron chi connectivity index (χ2n) is 6.55. The van der Waals surface area contributed by atoms with Gasteiger partial charge in [0, 0.05) is 33.2 Å². The van der Waals surface area contributed by atoms with E-state index in [9.17, 15) is 8.42 Å². The van der Waals surface area contributed by atoms with E-state index in [-0.39, 0.29) is 24.0 Å². The van der Waals surface area contributed by atoms with Crippen molar-refractivity contribution in [3.63, 3.8) is 0 Å². The molecule has 0 spiro atoms. The Labute approximate surface area is 180 Å². The predicted octanol–water partition coefficient (Wildman–Crippen LogP) is 1.69. The van der Waals surface area contributed by atoms with Gasteiger partial charge in [-0.15, -0.1) is 24.0 Å². The van der Waals surface area contributed by atoms with Crippen molar-refractivity contribution >= 4 is 40.0 Å². The summed E-state index contributed by atoms with van der Waals surface area (Å²) in [5.41, 5.74) is 1.16. The van der Waals surface area contributed by atoms with Crippen LogP contribution in [0.3, 0.4) is 0 Å². The van der Waals surface area contributed by atoms with Crippen LogP contribution in [-0.2, 0) is 16.4 Å². The van der Waals surface area contributed by atoms with Gasteiger partial charge < -0.3 is 15.4 Å². The summed E-state index contributed by atoms with van der Waals surface area (Å²) in [6.07, 6.45) is 3.87. The number of benzene rings is 1. The molecule has 0 unspecified atom stereocenters. The first-order valence-corrected chi connectivity index (χ1v) is 10.8. The lowest BCUT2D eigenvalue weighted by Gasteiger charge is -2.30. The first kappa shape index (κ1) is 24.0. The third-order valence-corrected chi connectivity index (χ3v) is 6.01. The third-order valence-electron chi connectivity index (χ3n) is 4.70. The van der Waals surface area contributed by atoms with Gasteiger partial charge in [0.2, 0.25) is 10.0 Å². The Morgan fingerprint density at radius 2 is 1.93 bits per heavy atom. The van der Waals surface area contributed by atoms with Gasteiger partial charge in [0.1, 0.15) is 5.75 Å². The molecule has 0 saturated carbocycles. The average molecular weight is 510 g/mol. The summed E-state index contributed by atoms with van der Waals surface area (Å²) in [6, 6.07) is 8.00. The molecule has 2 rings (SSSR count). The second-order valence-corrected chi connectivity index (χ2v) is 8.53. The van der Waals surface area contributed by atoms with E-state index >= 15 is 0 Å². The number of sulfonamides is 1. The summed E-state index contributed by atoms with van der Waals surface area (Å²) >= 11 is 0. The fraction of sp³-hybridized carbons (Fsp3) is 0.611. The van der Waals surface area contributed by atoms with Crippen molar-refractivity contribution in [1.29, 1.82) is 0 Å². The summed E-state index contributed by atoms with van der Waals surface area (Å²) in [7, 11) is 0.374. The maximum absolute atomic E-state index is 11.6. The maximum atomic E-state index is 11.6. The minimum atomic E-state index is -3.06. The highest BCUT2D eigenvalue weighted by molar-refractivity contribution is 14.0. The Morgan fingerprint density at radius 1 is 1.26 bits per heavy atom. The Bertz CT molecular complexity index is 704. The number of nitrogens with one attached hydrogen (secondary N) is 2. The summed E-state index contributed by atoms with van der Waals surface area (Å²) in [6.45, 7) is 2.76. The zero-order valence-electron chi connectivity index (χ0n) is 16.3. The van der Waals surface area contributed by atoms with Crippen LogP contribution in [0.5, 0.6) is 5.75 Å². The van der Waals surface area contributed by atoms with Crippen LogP contribution in [0.2, 0.25) is 0 Å². The van der Waals surface area contributed by atoms with Gasteiger partial charge in [-0.25, -0.2) is 12.7 Å². The van der Waals surface area contributed by atoms with E-state index in [2.05, 4.69) is 21.7 Å². The van der Waals surface area contributed by atoms with Crippen LogP contribution >= 0.6 is 24.0 Å². The molecular weight excluding hydrogens is 479 g/mol. The molecule has 0 amide bonds. The fourth-order valence-corrected chi connectivity index (χ4v) is 4.01. The van der Waals surface area contributed by atoms with Gasteiger partial charge in [0.05, 0.1) is 13.4 Å². The van der Waals surface area contributed by atoms with E-state index in [4.69, 9.17) is 4.74 Å². The second kappa shape index (κ2) is 11.7. The molecule has 0 aromatic heterocycles. The quantitative estimate of drug-likeness (QED) is 0.332. The van der Waals surface area contributed by atoms with E-state index < -0.39 is 10.0 Å². The van der Waals surface area contributed by atoms with Crippen molar-refractivity contribution < 1.29 is 13.2 Å². The van der Waals surface area contributed by atoms with E-state index in [1.165, 1.54) is 6.26 Å². The van der Waals surface area contributed by atoms with Crippen LogP contribution in [0.15, 0.2) is 29.3 Å². The molecule has 2 N–H and O–H groups in total. The van der Waals surface area contributed by atoms with Gasteiger partial charge in [-0.05, 0) is 36.8 Å². The van der Waals surface area contributed by atoms with E-state index in [1.807, 2.05) is 18.2 Å². The lowest BCUT2D eigenvalue weighted by Crippen LogP contribution is -2.44. The Balaban J connectivity index is 0.00000364. The fourth-order valence-electron chi connectivity index (χ4n) is 3.13. The smallest absolute Gasteiger partial charge is 0.211 e. The zero-order chi connectivity index (χ0) is 19.0. The highest BCUT2D eigenvalue weighted by atomic mass is 127. The van der Waals surface area contributed by atoms with Gasteiger partial charge in [0.25, 0.3) is 0 Å². The number of guanidine groups is 1. The number of aliphatic imine (C=N–C) groups is 1. The molecule has 1 saturated heterocycles. The van der Waals surface area contributed by atoms with E-state index in [0.717, 1.165) is 49.6 Å². The van der Waals surface area contributed by atoms with Gasteiger partial charge >= 0.3 is 0 Å². The van der Waals surface area contributed by atoms with Crippen molar-refractivity contribution in [3.05, 3.63) is 29.8 Å². The molecule has 1 aromatic rings. The van der Waals surface area contributed by atoms with Crippen molar-refractivity contribution in [1.82, 2.24) is 14.9 Å². The number of methoxy groups -OCH3 is 1. The predicted molar refractivity (Wildman–Crippen MR) is 121 cm³/mol. The number of ether oxygens (including phenoxy) is 1. The minimum Gasteiger partial charge on any atom is -0.496 e. The molecule has 1 aliphatic heterocycles. The van der Waals surface area contributed by atoms with Crippen molar-refractivity contribution in [2.45, 2.75) is 19.3 Å². The highest BCUT2D eigenvalue weighted by Crippen LogP contribution is 2.18. The molecule has 0 bridgehead atoms. The molecule has 1 fully saturated rings. The molecule has 9 heteroatoms. The van der Waals surface area contributed by atoms with E-state index in [1.54, 1.807) is 18.5 Å².